The zero-order valence-electron chi connectivity index (χ0n) is 19.2. The Bertz CT molecular complexity index is 1340. The predicted octanol–water partition coefficient (Wildman–Crippen LogP) is 7.43. The summed E-state index contributed by atoms with van der Waals surface area (Å²) in [5.41, 5.74) is 3.61. The van der Waals surface area contributed by atoms with E-state index < -0.39 is 5.97 Å². The number of carbonyl (C=O) groups is 1. The van der Waals surface area contributed by atoms with E-state index in [2.05, 4.69) is 12.1 Å². The number of hydrogen-bond donors (Lipinski definition) is 1. The molecule has 4 rings (SSSR count). The first kappa shape index (κ1) is 25.1. The van der Waals surface area contributed by atoms with Crippen LogP contribution in [0.2, 0.25) is 5.02 Å². The molecule has 8 heteroatoms. The third kappa shape index (κ3) is 6.16. The van der Waals surface area contributed by atoms with Gasteiger partial charge in [0.15, 0.2) is 5.58 Å². The van der Waals surface area contributed by atoms with Gasteiger partial charge in [-0.15, -0.1) is 11.8 Å². The highest BCUT2D eigenvalue weighted by molar-refractivity contribution is 7.99. The maximum atomic E-state index is 13.7. The van der Waals surface area contributed by atoms with E-state index in [0.717, 1.165) is 46.6 Å². The van der Waals surface area contributed by atoms with Crippen molar-refractivity contribution in [2.45, 2.75) is 37.5 Å². The molecule has 4 aromatic rings. The fraction of sp³-hybridized carbons (Fsp3) is 0.259. The highest BCUT2D eigenvalue weighted by Crippen LogP contribution is 2.35. The second-order valence-corrected chi connectivity index (χ2v) is 9.64. The molecule has 1 N–H and O–H groups in total. The molecule has 0 spiro atoms. The fourth-order valence-corrected chi connectivity index (χ4v) is 5.09. The van der Waals surface area contributed by atoms with E-state index in [1.54, 1.807) is 30.0 Å². The lowest BCUT2D eigenvalue weighted by Crippen LogP contribution is -2.02. The second-order valence-electron chi connectivity index (χ2n) is 8.10. The Labute approximate surface area is 212 Å². The number of carboxylic acid groups (broad SMARTS) is 1. The van der Waals surface area contributed by atoms with E-state index in [4.69, 9.17) is 26.0 Å². The molecule has 0 atom stereocenters. The molecule has 1 aromatic heterocycles. The predicted molar refractivity (Wildman–Crippen MR) is 137 cm³/mol. The molecule has 35 heavy (non-hydrogen) atoms. The van der Waals surface area contributed by atoms with E-state index in [1.807, 2.05) is 24.3 Å². The first-order chi connectivity index (χ1) is 17.0. The molecule has 1 heterocycles. The number of ether oxygens (including phenoxy) is 1. The van der Waals surface area contributed by atoms with Gasteiger partial charge in [-0.2, -0.15) is 0 Å². The Morgan fingerprint density at radius 1 is 1.20 bits per heavy atom. The number of rotatable bonds is 11. The Balaban J connectivity index is 1.40. The van der Waals surface area contributed by atoms with E-state index in [1.165, 1.54) is 12.1 Å². The van der Waals surface area contributed by atoms with Gasteiger partial charge in [0.05, 0.1) is 23.4 Å². The van der Waals surface area contributed by atoms with Gasteiger partial charge >= 0.3 is 5.97 Å². The average molecular weight is 514 g/mol. The number of fused-ring (bicyclic) bond motifs is 1. The number of aliphatic carboxylic acids is 1. The summed E-state index contributed by atoms with van der Waals surface area (Å²) in [6.07, 6.45) is 2.44. The van der Waals surface area contributed by atoms with Crippen LogP contribution >= 0.6 is 23.4 Å². The largest absolute Gasteiger partial charge is 0.493 e. The standard InChI is InChI=1S/C27H25ClFNO4S/c1-2-5-20-23(10-9-21-26(30-34-27(20)21)18-6-3-7-19(29)16-18)33-12-4-13-35-24-11-8-17(14-22(24)28)15-25(31)32/h3,6-11,14,16H,2,4-5,12-13,15H2,1H3,(H,31,32). The highest BCUT2D eigenvalue weighted by atomic mass is 35.5. The van der Waals surface area contributed by atoms with Crippen LogP contribution in [0.25, 0.3) is 22.2 Å². The Hall–Kier alpha value is -3.03. The number of aromatic nitrogens is 1. The summed E-state index contributed by atoms with van der Waals surface area (Å²) in [4.78, 5) is 11.8. The molecule has 5 nitrogen and oxygen atoms in total. The first-order valence-electron chi connectivity index (χ1n) is 11.4. The van der Waals surface area contributed by atoms with Crippen LogP contribution in [0.4, 0.5) is 4.39 Å². The smallest absolute Gasteiger partial charge is 0.307 e. The van der Waals surface area contributed by atoms with Gasteiger partial charge in [-0.3, -0.25) is 4.79 Å². The maximum Gasteiger partial charge on any atom is 0.307 e. The number of benzene rings is 3. The van der Waals surface area contributed by atoms with Gasteiger partial charge in [-0.1, -0.05) is 48.3 Å². The maximum absolute atomic E-state index is 13.7. The lowest BCUT2D eigenvalue weighted by atomic mass is 10.0. The number of hydrogen-bond acceptors (Lipinski definition) is 5. The van der Waals surface area contributed by atoms with Crippen LogP contribution in [0.5, 0.6) is 5.75 Å². The molecule has 182 valence electrons. The van der Waals surface area contributed by atoms with Crippen LogP contribution in [0.1, 0.15) is 30.9 Å². The van der Waals surface area contributed by atoms with Crippen molar-refractivity contribution in [3.05, 3.63) is 76.6 Å². The molecule has 0 aliphatic carbocycles. The molecular weight excluding hydrogens is 489 g/mol. The minimum Gasteiger partial charge on any atom is -0.493 e. The van der Waals surface area contributed by atoms with Crippen molar-refractivity contribution in [1.29, 1.82) is 0 Å². The molecular formula is C27H25ClFNO4S. The molecule has 0 aliphatic rings. The molecule has 0 aliphatic heterocycles. The quantitative estimate of drug-likeness (QED) is 0.166. The van der Waals surface area contributed by atoms with Gasteiger partial charge < -0.3 is 14.4 Å². The zero-order valence-corrected chi connectivity index (χ0v) is 20.8. The SMILES string of the molecule is CCCc1c(OCCCSc2ccc(CC(=O)O)cc2Cl)ccc2c(-c3cccc(F)c3)noc12. The third-order valence-electron chi connectivity index (χ3n) is 5.45. The zero-order chi connectivity index (χ0) is 24.8. The number of aryl methyl sites for hydroxylation is 1. The van der Waals surface area contributed by atoms with Gasteiger partial charge in [0, 0.05) is 21.8 Å². The van der Waals surface area contributed by atoms with E-state index in [9.17, 15) is 9.18 Å². The van der Waals surface area contributed by atoms with Gasteiger partial charge in [0.25, 0.3) is 0 Å². The lowest BCUT2D eigenvalue weighted by molar-refractivity contribution is -0.136. The fourth-order valence-electron chi connectivity index (χ4n) is 3.88. The average Bonchev–Trinajstić information content (AvgIpc) is 3.25. The highest BCUT2D eigenvalue weighted by Gasteiger charge is 2.18. The monoisotopic (exact) mass is 513 g/mol. The Morgan fingerprint density at radius 3 is 2.80 bits per heavy atom. The van der Waals surface area contributed by atoms with Crippen molar-refractivity contribution >= 4 is 40.3 Å². The van der Waals surface area contributed by atoms with E-state index >= 15 is 0 Å². The Kier molecular flexibility index (Phi) is 8.31. The number of thioether (sulfide) groups is 1. The summed E-state index contributed by atoms with van der Waals surface area (Å²) in [5.74, 6) is 0.370. The van der Waals surface area contributed by atoms with Crippen LogP contribution in [-0.2, 0) is 17.6 Å². The van der Waals surface area contributed by atoms with Crippen molar-refractivity contribution < 1.29 is 23.6 Å². The summed E-state index contributed by atoms with van der Waals surface area (Å²) < 4.78 is 25.5. The van der Waals surface area contributed by atoms with Gasteiger partial charge in [-0.25, -0.2) is 4.39 Å². The second kappa shape index (κ2) is 11.6. The van der Waals surface area contributed by atoms with E-state index in [-0.39, 0.29) is 12.2 Å². The van der Waals surface area contributed by atoms with Crippen molar-refractivity contribution in [3.8, 4) is 17.0 Å². The molecule has 0 saturated carbocycles. The lowest BCUT2D eigenvalue weighted by Gasteiger charge is -2.12. The molecule has 3 aromatic carbocycles. The van der Waals surface area contributed by atoms with Crippen LogP contribution < -0.4 is 4.74 Å². The van der Waals surface area contributed by atoms with Crippen molar-refractivity contribution in [1.82, 2.24) is 5.16 Å². The van der Waals surface area contributed by atoms with Crippen molar-refractivity contribution in [3.63, 3.8) is 0 Å². The number of nitrogens with zero attached hydrogens (tertiary/aromatic N) is 1. The summed E-state index contributed by atoms with van der Waals surface area (Å²) >= 11 is 7.92. The molecule has 0 fully saturated rings. The molecule has 0 radical (unpaired) electrons. The summed E-state index contributed by atoms with van der Waals surface area (Å²) in [7, 11) is 0. The normalized spacial score (nSPS) is 11.2. The van der Waals surface area contributed by atoms with Crippen LogP contribution in [-0.4, -0.2) is 28.6 Å². The van der Waals surface area contributed by atoms with Crippen molar-refractivity contribution in [2.75, 3.05) is 12.4 Å². The van der Waals surface area contributed by atoms with E-state index in [0.29, 0.717) is 34.0 Å². The number of halogens is 2. The van der Waals surface area contributed by atoms with Crippen molar-refractivity contribution in [2.24, 2.45) is 0 Å². The minimum absolute atomic E-state index is 0.0438. The summed E-state index contributed by atoms with van der Waals surface area (Å²) in [6.45, 7) is 2.61. The summed E-state index contributed by atoms with van der Waals surface area (Å²) in [5, 5.41) is 14.5. The number of carboxylic acids is 1. The van der Waals surface area contributed by atoms with Gasteiger partial charge in [0.1, 0.15) is 17.3 Å². The van der Waals surface area contributed by atoms with Gasteiger partial charge in [-0.05, 0) is 54.8 Å². The molecule has 0 saturated heterocycles. The third-order valence-corrected chi connectivity index (χ3v) is 7.04. The topological polar surface area (TPSA) is 72.6 Å². The van der Waals surface area contributed by atoms with Crippen LogP contribution in [0.15, 0.2) is 64.0 Å². The minimum atomic E-state index is -0.880. The van der Waals surface area contributed by atoms with Gasteiger partial charge in [0.2, 0.25) is 0 Å². The molecule has 0 bridgehead atoms. The van der Waals surface area contributed by atoms with Crippen LogP contribution in [0.3, 0.4) is 0 Å². The summed E-state index contributed by atoms with van der Waals surface area (Å²) in [6, 6.07) is 15.5. The molecule has 0 unspecified atom stereocenters. The molecule has 0 amide bonds. The van der Waals surface area contributed by atoms with Crippen LogP contribution in [0, 0.1) is 5.82 Å². The first-order valence-corrected chi connectivity index (χ1v) is 12.8. The Morgan fingerprint density at radius 2 is 2.06 bits per heavy atom.